The summed E-state index contributed by atoms with van der Waals surface area (Å²) in [6.45, 7) is 30.3. The number of amides is 1. The van der Waals surface area contributed by atoms with Crippen LogP contribution in [0, 0.1) is 0 Å². The Balaban J connectivity index is -0.00000164. The molecule has 1 unspecified atom stereocenters. The monoisotopic (exact) mass is 1410 g/mol. The summed E-state index contributed by atoms with van der Waals surface area (Å²) in [5.74, 6) is 1.82. The number of nitrogens with zero attached hydrogens (tertiary/aromatic N) is 3. The van der Waals surface area contributed by atoms with Gasteiger partial charge in [0.25, 0.3) is 5.24 Å². The molecule has 0 N–H and O–H groups in total. The highest BCUT2D eigenvalue weighted by atomic mass is 32.2. The van der Waals surface area contributed by atoms with E-state index in [2.05, 4.69) is 110 Å². The van der Waals surface area contributed by atoms with Crippen molar-refractivity contribution in [2.45, 2.75) is 415 Å². The molecule has 0 saturated heterocycles. The highest BCUT2D eigenvalue weighted by molar-refractivity contribution is 8.13. The van der Waals surface area contributed by atoms with Gasteiger partial charge in [-0.25, -0.2) is 0 Å². The second-order valence-corrected chi connectivity index (χ2v) is 29.1. The third kappa shape index (κ3) is 76.1. The molecule has 0 aliphatic heterocycles. The van der Waals surface area contributed by atoms with E-state index in [1.165, 1.54) is 224 Å². The first kappa shape index (κ1) is 98.8. The van der Waals surface area contributed by atoms with Gasteiger partial charge in [-0.3, -0.25) is 24.0 Å². The van der Waals surface area contributed by atoms with E-state index in [9.17, 15) is 24.0 Å². The Morgan fingerprint density at radius 3 is 1.09 bits per heavy atom. The van der Waals surface area contributed by atoms with E-state index in [0.29, 0.717) is 64.6 Å². The molecule has 0 saturated carbocycles. The van der Waals surface area contributed by atoms with Gasteiger partial charge in [-0.15, -0.1) is 0 Å². The molecule has 0 spiro atoms. The van der Waals surface area contributed by atoms with E-state index < -0.39 is 0 Å². The average Bonchev–Trinajstić information content (AvgIpc) is 3.77. The maximum absolute atomic E-state index is 13.3. The maximum Gasteiger partial charge on any atom is 0.306 e. The molecule has 0 fully saturated rings. The summed E-state index contributed by atoms with van der Waals surface area (Å²) >= 11 is 5.53. The summed E-state index contributed by atoms with van der Waals surface area (Å²) in [6.07, 6.45) is 65.3. The highest BCUT2D eigenvalue weighted by Gasteiger charge is 2.19. The van der Waals surface area contributed by atoms with Gasteiger partial charge in [0.05, 0.1) is 0 Å². The Labute approximate surface area is 612 Å². The lowest BCUT2D eigenvalue weighted by Gasteiger charge is -2.23. The van der Waals surface area contributed by atoms with Gasteiger partial charge in [0.2, 0.25) is 0 Å². The quantitative estimate of drug-likeness (QED) is 0.0206. The second-order valence-electron chi connectivity index (χ2n) is 27.6. The van der Waals surface area contributed by atoms with Crippen molar-refractivity contribution in [3.63, 3.8) is 0 Å². The number of thioether (sulfide) groups is 1. The van der Waals surface area contributed by atoms with Gasteiger partial charge < -0.3 is 28.9 Å². The molecule has 0 aliphatic carbocycles. The smallest absolute Gasteiger partial charge is 0.306 e. The second kappa shape index (κ2) is 82.6. The van der Waals surface area contributed by atoms with Crippen LogP contribution in [0.5, 0.6) is 0 Å². The standard InChI is InChI=1S/C42H80N2O4S.C35H66O4.C7H17NS/c1-6-11-14-17-19-20-22-24-30-39(45)31-27-36-44(42(47)49-38-29-35-43(9-4)10-5)37-28-34-41(46)48-40(32-25-21-16-13-8-3)33-26-23-18-15-12-7-2;1-4-7-10-13-16-22-27-32-38-34(36)30-25-20-17-21-26-31-35(37)39-33(28-23-18-14-11-8-5-2)29-24-19-15-12-9-6-3;1-3-8(4-2)6-5-7-9/h20,22,40H,6-19,21,23-38H2,1-5H3;22,27,33H,4-21,23-26,28-32H2,1-3H3;9H,3-7H2,1-2H3/b22-20-;27-22-;. The van der Waals surface area contributed by atoms with Crippen molar-refractivity contribution in [1.29, 1.82) is 0 Å². The average molecular weight is 1410 g/mol. The van der Waals surface area contributed by atoms with E-state index in [1.807, 2.05) is 11.0 Å². The number of carbonyl (C=O) groups is 5. The van der Waals surface area contributed by atoms with Crippen molar-refractivity contribution in [2.75, 3.05) is 70.5 Å². The lowest BCUT2D eigenvalue weighted by molar-refractivity contribution is -0.151. The molecular weight excluding hydrogens is 1240 g/mol. The topological polar surface area (TPSA) is 123 Å². The Hall–Kier alpha value is -2.35. The molecule has 97 heavy (non-hydrogen) atoms. The first-order valence-electron chi connectivity index (χ1n) is 41.7. The number of rotatable bonds is 71. The Bertz CT molecular complexity index is 1710. The Morgan fingerprint density at radius 1 is 0.340 bits per heavy atom. The third-order valence-corrected chi connectivity index (χ3v) is 19.9. The van der Waals surface area contributed by atoms with Crippen LogP contribution in [0.15, 0.2) is 24.3 Å². The number of carbonyl (C=O) groups excluding carboxylic acids is 5. The van der Waals surface area contributed by atoms with Gasteiger partial charge in [0, 0.05) is 50.9 Å². The number of esters is 3. The van der Waals surface area contributed by atoms with Gasteiger partial charge in [-0.2, -0.15) is 12.6 Å². The molecule has 0 aliphatic rings. The molecule has 11 nitrogen and oxygen atoms in total. The van der Waals surface area contributed by atoms with Gasteiger partial charge in [-0.05, 0) is 167 Å². The van der Waals surface area contributed by atoms with Crippen molar-refractivity contribution in [3.05, 3.63) is 24.3 Å². The predicted octanol–water partition coefficient (Wildman–Crippen LogP) is 25.2. The van der Waals surface area contributed by atoms with Crippen LogP contribution in [0.4, 0.5) is 4.79 Å². The number of allylic oxidation sites excluding steroid dienone is 3. The summed E-state index contributed by atoms with van der Waals surface area (Å²) in [7, 11) is 0. The predicted molar refractivity (Wildman–Crippen MR) is 427 cm³/mol. The largest absolute Gasteiger partial charge is 0.462 e. The number of hydrogen-bond donors (Lipinski definition) is 1. The van der Waals surface area contributed by atoms with Crippen LogP contribution >= 0.6 is 24.4 Å². The van der Waals surface area contributed by atoms with Crippen molar-refractivity contribution in [3.8, 4) is 0 Å². The van der Waals surface area contributed by atoms with E-state index in [0.717, 1.165) is 127 Å². The van der Waals surface area contributed by atoms with Gasteiger partial charge >= 0.3 is 17.9 Å². The lowest BCUT2D eigenvalue weighted by atomic mass is 10.0. The van der Waals surface area contributed by atoms with Crippen molar-refractivity contribution >= 4 is 53.3 Å². The molecule has 0 aromatic carbocycles. The number of ketones is 1. The number of Topliss-reactive ketones (excluding diaryl/α,β-unsaturated/α-hetero) is 1. The van der Waals surface area contributed by atoms with Crippen LogP contribution in [0.3, 0.4) is 0 Å². The number of hydrogen-bond acceptors (Lipinski definition) is 12. The fourth-order valence-electron chi connectivity index (χ4n) is 12.0. The normalized spacial score (nSPS) is 11.8. The van der Waals surface area contributed by atoms with Crippen LogP contribution in [0.2, 0.25) is 0 Å². The molecule has 1 amide bonds. The number of ether oxygens (including phenoxy) is 3. The number of thiol groups is 1. The van der Waals surface area contributed by atoms with Crippen molar-refractivity contribution in [1.82, 2.24) is 14.7 Å². The first-order valence-corrected chi connectivity index (χ1v) is 43.3. The number of unbranched alkanes of at least 4 members (excludes halogenated alkanes) is 31. The van der Waals surface area contributed by atoms with Crippen LogP contribution in [0.25, 0.3) is 0 Å². The van der Waals surface area contributed by atoms with Crippen LogP contribution in [-0.4, -0.2) is 126 Å². The minimum Gasteiger partial charge on any atom is -0.462 e. The fourth-order valence-corrected chi connectivity index (χ4v) is 12.9. The molecule has 1 atom stereocenters. The van der Waals surface area contributed by atoms with Gasteiger partial charge in [-0.1, -0.05) is 285 Å². The van der Waals surface area contributed by atoms with Crippen molar-refractivity contribution in [2.24, 2.45) is 0 Å². The lowest BCUT2D eigenvalue weighted by Crippen LogP contribution is -2.31. The Kier molecular flexibility index (Phi) is 84.2. The van der Waals surface area contributed by atoms with Gasteiger partial charge in [0.15, 0.2) is 0 Å². The Morgan fingerprint density at radius 2 is 0.680 bits per heavy atom. The van der Waals surface area contributed by atoms with Crippen LogP contribution < -0.4 is 0 Å². The first-order chi connectivity index (χ1) is 47.4. The van der Waals surface area contributed by atoms with Crippen LogP contribution in [0.1, 0.15) is 403 Å². The third-order valence-electron chi connectivity index (χ3n) is 18.6. The molecule has 0 heterocycles. The van der Waals surface area contributed by atoms with Gasteiger partial charge in [0.1, 0.15) is 24.6 Å². The van der Waals surface area contributed by atoms with Crippen LogP contribution in [-0.2, 0) is 33.4 Å². The fraction of sp³-hybridized carbons (Fsp3) is 0.893. The zero-order valence-electron chi connectivity index (χ0n) is 66.0. The SMILES string of the molecule is CCCCCC/C=C\CCC(=O)CCCN(CCCC(=O)OC(CCCCCCC)CCCCCCCC)C(=O)SCCCN(CC)CC.CCCCCC/C=C\COC(=O)CCCCCCCC(=O)OC(CCCCCCCC)CCCCCCCC.CCN(CC)CCCS. The molecule has 13 heteroatoms. The molecular formula is C84H163N3O8S2. The van der Waals surface area contributed by atoms with E-state index in [4.69, 9.17) is 14.2 Å². The van der Waals surface area contributed by atoms with E-state index >= 15 is 0 Å². The molecule has 0 bridgehead atoms. The summed E-state index contributed by atoms with van der Waals surface area (Å²) in [6, 6.07) is 0. The summed E-state index contributed by atoms with van der Waals surface area (Å²) < 4.78 is 17.3. The summed E-state index contributed by atoms with van der Waals surface area (Å²) in [5.41, 5.74) is 0. The summed E-state index contributed by atoms with van der Waals surface area (Å²) in [5, 5.41) is 0.0689. The van der Waals surface area contributed by atoms with E-state index in [1.54, 1.807) is 0 Å². The minimum atomic E-state index is -0.127. The molecule has 0 rings (SSSR count). The summed E-state index contributed by atoms with van der Waals surface area (Å²) in [4.78, 5) is 69.8. The molecule has 0 aromatic heterocycles. The zero-order valence-corrected chi connectivity index (χ0v) is 67.7. The molecule has 0 radical (unpaired) electrons. The van der Waals surface area contributed by atoms with Crippen molar-refractivity contribution < 1.29 is 38.2 Å². The maximum atomic E-state index is 13.3. The molecule has 574 valence electrons. The van der Waals surface area contributed by atoms with E-state index in [-0.39, 0.29) is 41.1 Å². The zero-order chi connectivity index (χ0) is 72.0. The highest BCUT2D eigenvalue weighted by Crippen LogP contribution is 2.22. The molecule has 0 aromatic rings. The minimum absolute atomic E-state index is 0.0148.